The number of sulfonamides is 1. The fourth-order valence-corrected chi connectivity index (χ4v) is 3.39. The first-order valence-corrected chi connectivity index (χ1v) is 9.82. The molecule has 134 valence electrons. The van der Waals surface area contributed by atoms with Gasteiger partial charge in [-0.25, -0.2) is 12.7 Å². The van der Waals surface area contributed by atoms with E-state index in [0.29, 0.717) is 5.75 Å². The number of ether oxygens (including phenoxy) is 1. The molecule has 0 aliphatic carbocycles. The Balaban J connectivity index is 2.70. The molecule has 1 aromatic rings. The van der Waals surface area contributed by atoms with E-state index >= 15 is 0 Å². The largest absolute Gasteiger partial charge is 0.469 e. The summed E-state index contributed by atoms with van der Waals surface area (Å²) in [4.78, 5) is 22.9. The quantitative estimate of drug-likeness (QED) is 0.534. The molecule has 0 saturated heterocycles. The molecule has 0 unspecified atom stereocenters. The summed E-state index contributed by atoms with van der Waals surface area (Å²) in [5.74, 6) is -0.125. The van der Waals surface area contributed by atoms with Crippen molar-refractivity contribution < 1.29 is 22.7 Å². The summed E-state index contributed by atoms with van der Waals surface area (Å²) in [6.07, 6.45) is 0.214. The number of nitrogens with zero attached hydrogens (tertiary/aromatic N) is 1. The van der Waals surface area contributed by atoms with Crippen LogP contribution >= 0.6 is 23.4 Å². The number of rotatable bonds is 8. The van der Waals surface area contributed by atoms with Gasteiger partial charge in [-0.15, -0.1) is 0 Å². The molecule has 1 amide bonds. The summed E-state index contributed by atoms with van der Waals surface area (Å²) in [5.41, 5.74) is 0.221. The van der Waals surface area contributed by atoms with E-state index in [2.05, 4.69) is 10.1 Å². The molecule has 0 saturated carbocycles. The van der Waals surface area contributed by atoms with Crippen LogP contribution in [0.25, 0.3) is 0 Å². The zero-order valence-electron chi connectivity index (χ0n) is 13.5. The molecular weight excluding hydrogens is 376 g/mol. The highest BCUT2D eigenvalue weighted by molar-refractivity contribution is 7.99. The van der Waals surface area contributed by atoms with Crippen LogP contribution in [0.5, 0.6) is 0 Å². The smallest absolute Gasteiger partial charge is 0.306 e. The van der Waals surface area contributed by atoms with Crippen LogP contribution in [0.2, 0.25) is 5.02 Å². The maximum atomic E-state index is 12.1. The lowest BCUT2D eigenvalue weighted by molar-refractivity contribution is -0.140. The van der Waals surface area contributed by atoms with Crippen molar-refractivity contribution in [1.82, 2.24) is 4.31 Å². The van der Waals surface area contributed by atoms with Crippen LogP contribution in [0.3, 0.4) is 0 Å². The number of hydrogen-bond donors (Lipinski definition) is 1. The number of nitrogens with one attached hydrogen (secondary N) is 1. The van der Waals surface area contributed by atoms with Crippen molar-refractivity contribution in [3.05, 3.63) is 23.2 Å². The Kier molecular flexibility index (Phi) is 8.01. The van der Waals surface area contributed by atoms with Crippen molar-refractivity contribution in [2.45, 2.75) is 11.3 Å². The van der Waals surface area contributed by atoms with Crippen molar-refractivity contribution in [3.8, 4) is 0 Å². The van der Waals surface area contributed by atoms with E-state index in [1.54, 1.807) is 0 Å². The predicted octanol–water partition coefficient (Wildman–Crippen LogP) is 1.83. The summed E-state index contributed by atoms with van der Waals surface area (Å²) in [6.45, 7) is 0. The van der Waals surface area contributed by atoms with Crippen molar-refractivity contribution >= 4 is 50.9 Å². The van der Waals surface area contributed by atoms with Crippen molar-refractivity contribution in [3.63, 3.8) is 0 Å². The average Bonchev–Trinajstić information content (AvgIpc) is 2.53. The molecule has 1 rings (SSSR count). The van der Waals surface area contributed by atoms with E-state index in [4.69, 9.17) is 11.6 Å². The van der Waals surface area contributed by atoms with Crippen molar-refractivity contribution in [2.24, 2.45) is 0 Å². The van der Waals surface area contributed by atoms with Crippen molar-refractivity contribution in [2.75, 3.05) is 38.0 Å². The van der Waals surface area contributed by atoms with Gasteiger partial charge in [0.15, 0.2) is 0 Å². The molecule has 0 aliphatic heterocycles. The third-order valence-corrected chi connectivity index (χ3v) is 6.00. The number of halogens is 1. The highest BCUT2D eigenvalue weighted by Crippen LogP contribution is 2.26. The lowest BCUT2D eigenvalue weighted by Crippen LogP contribution is -2.22. The molecule has 0 aliphatic rings. The van der Waals surface area contributed by atoms with Gasteiger partial charge in [0.2, 0.25) is 15.9 Å². The van der Waals surface area contributed by atoms with Crippen LogP contribution in [0, 0.1) is 0 Å². The number of carbonyl (C=O) groups is 2. The molecule has 0 bridgehead atoms. The highest BCUT2D eigenvalue weighted by atomic mass is 35.5. The van der Waals surface area contributed by atoms with Gasteiger partial charge < -0.3 is 10.1 Å². The fraction of sp³-hybridized carbons (Fsp3) is 0.429. The van der Waals surface area contributed by atoms with Gasteiger partial charge in [0, 0.05) is 19.8 Å². The monoisotopic (exact) mass is 394 g/mol. The SMILES string of the molecule is COC(=O)CCSCC(=O)Nc1cc(S(=O)(=O)N(C)C)ccc1Cl. The Hall–Kier alpha value is -1.29. The predicted molar refractivity (Wildman–Crippen MR) is 94.9 cm³/mol. The van der Waals surface area contributed by atoms with Gasteiger partial charge in [-0.2, -0.15) is 11.8 Å². The van der Waals surface area contributed by atoms with E-state index in [9.17, 15) is 18.0 Å². The molecular formula is C14H19ClN2O5S2. The lowest BCUT2D eigenvalue weighted by atomic mass is 10.3. The zero-order valence-corrected chi connectivity index (χ0v) is 15.9. The first-order chi connectivity index (χ1) is 11.2. The number of anilines is 1. The van der Waals surface area contributed by atoms with Crippen LogP contribution in [0.4, 0.5) is 5.69 Å². The van der Waals surface area contributed by atoms with Crippen LogP contribution in [-0.4, -0.2) is 57.3 Å². The van der Waals surface area contributed by atoms with Crippen LogP contribution in [0.15, 0.2) is 23.1 Å². The summed E-state index contributed by atoms with van der Waals surface area (Å²) in [5, 5.41) is 2.81. The minimum Gasteiger partial charge on any atom is -0.469 e. The molecule has 0 aromatic heterocycles. The molecule has 0 heterocycles. The Morgan fingerprint density at radius 2 is 2.00 bits per heavy atom. The van der Waals surface area contributed by atoms with Crippen molar-refractivity contribution in [1.29, 1.82) is 0 Å². The standard InChI is InChI=1S/C14H19ClN2O5S2/c1-17(2)24(20,21)10-4-5-11(15)12(8-10)16-13(18)9-23-7-6-14(19)22-3/h4-5,8H,6-7,9H2,1-3H3,(H,16,18). The number of thioether (sulfide) groups is 1. The average molecular weight is 395 g/mol. The highest BCUT2D eigenvalue weighted by Gasteiger charge is 2.19. The molecule has 0 atom stereocenters. The summed E-state index contributed by atoms with van der Waals surface area (Å²) < 4.78 is 29.8. The second-order valence-corrected chi connectivity index (χ2v) is 8.52. The molecule has 1 aromatic carbocycles. The third-order valence-electron chi connectivity index (χ3n) is 2.90. The number of amides is 1. The second-order valence-electron chi connectivity index (χ2n) is 4.86. The van der Waals surface area contributed by atoms with Crippen LogP contribution < -0.4 is 5.32 Å². The molecule has 0 radical (unpaired) electrons. The second kappa shape index (κ2) is 9.26. The Labute approximate surface area is 150 Å². The third kappa shape index (κ3) is 5.97. The van der Waals surface area contributed by atoms with E-state index in [-0.39, 0.29) is 39.7 Å². The lowest BCUT2D eigenvalue weighted by Gasteiger charge is -2.13. The number of methoxy groups -OCH3 is 1. The van der Waals surface area contributed by atoms with Gasteiger partial charge in [0.05, 0.1) is 34.9 Å². The molecule has 0 fully saturated rings. The first-order valence-electron chi connectivity index (χ1n) is 6.85. The summed E-state index contributed by atoms with van der Waals surface area (Å²) in [7, 11) is 0.517. The summed E-state index contributed by atoms with van der Waals surface area (Å²) in [6, 6.07) is 4.10. The number of carbonyl (C=O) groups excluding carboxylic acids is 2. The molecule has 10 heteroatoms. The van der Waals surface area contributed by atoms with Gasteiger partial charge >= 0.3 is 5.97 Å². The van der Waals surface area contributed by atoms with Gasteiger partial charge in [0.1, 0.15) is 0 Å². The maximum absolute atomic E-state index is 12.1. The number of benzene rings is 1. The van der Waals surface area contributed by atoms with Crippen LogP contribution in [-0.2, 0) is 24.3 Å². The Morgan fingerprint density at radius 1 is 1.33 bits per heavy atom. The normalized spacial score (nSPS) is 11.4. The Bertz CT molecular complexity index is 707. The van der Waals surface area contributed by atoms with Gasteiger partial charge in [-0.05, 0) is 18.2 Å². The van der Waals surface area contributed by atoms with E-state index in [1.807, 2.05) is 0 Å². The Morgan fingerprint density at radius 3 is 2.58 bits per heavy atom. The fourth-order valence-electron chi connectivity index (χ4n) is 1.58. The minimum atomic E-state index is -3.62. The van der Waals surface area contributed by atoms with E-state index in [0.717, 1.165) is 4.31 Å². The molecule has 24 heavy (non-hydrogen) atoms. The number of esters is 1. The maximum Gasteiger partial charge on any atom is 0.306 e. The minimum absolute atomic E-state index is 0.0329. The van der Waals surface area contributed by atoms with E-state index < -0.39 is 10.0 Å². The topological polar surface area (TPSA) is 92.8 Å². The van der Waals surface area contributed by atoms with E-state index in [1.165, 1.54) is 51.2 Å². The van der Waals surface area contributed by atoms with Gasteiger partial charge in [0.25, 0.3) is 0 Å². The van der Waals surface area contributed by atoms with Gasteiger partial charge in [-0.1, -0.05) is 11.6 Å². The zero-order chi connectivity index (χ0) is 18.3. The van der Waals surface area contributed by atoms with Gasteiger partial charge in [-0.3, -0.25) is 9.59 Å². The first kappa shape index (κ1) is 20.8. The summed E-state index contributed by atoms with van der Waals surface area (Å²) >= 11 is 7.26. The molecule has 7 nitrogen and oxygen atoms in total. The molecule has 1 N–H and O–H groups in total. The molecule has 0 spiro atoms. The van der Waals surface area contributed by atoms with Crippen LogP contribution in [0.1, 0.15) is 6.42 Å². The number of hydrogen-bond acceptors (Lipinski definition) is 6.